The van der Waals surface area contributed by atoms with Crippen molar-refractivity contribution < 1.29 is 18.5 Å². The molecule has 0 bridgehead atoms. The molecule has 88 valence electrons. The molecule has 0 aromatic heterocycles. The minimum atomic E-state index is -0.975. The summed E-state index contributed by atoms with van der Waals surface area (Å²) in [5.41, 5.74) is -0.0605. The van der Waals surface area contributed by atoms with Gasteiger partial charge in [0, 0.05) is 23.2 Å². The first-order valence-corrected chi connectivity index (χ1v) is 6.60. The Morgan fingerprint density at radius 1 is 1.47 bits per heavy atom. The molecule has 0 amide bonds. The van der Waals surface area contributed by atoms with Gasteiger partial charge in [0.25, 0.3) is 0 Å². The normalized spacial score (nSPS) is 19.6. The van der Waals surface area contributed by atoms with Gasteiger partial charge in [0.1, 0.15) is 5.94 Å². The number of rotatable bonds is 7. The van der Waals surface area contributed by atoms with Crippen LogP contribution in [0, 0.1) is 5.41 Å². The molecular weight excluding hydrogens is 216 g/mol. The first kappa shape index (κ1) is 12.6. The van der Waals surface area contributed by atoms with Crippen molar-refractivity contribution in [3.63, 3.8) is 0 Å². The number of methoxy groups -OCH3 is 1. The largest absolute Gasteiger partial charge is 0.469 e. The Morgan fingerprint density at radius 3 is 2.60 bits per heavy atom. The summed E-state index contributed by atoms with van der Waals surface area (Å²) in [5.74, 6) is 0.627. The van der Waals surface area contributed by atoms with E-state index in [2.05, 4.69) is 4.74 Å². The van der Waals surface area contributed by atoms with Crippen molar-refractivity contribution in [1.82, 2.24) is 0 Å². The third kappa shape index (κ3) is 4.30. The van der Waals surface area contributed by atoms with Gasteiger partial charge in [0.05, 0.1) is 13.5 Å². The van der Waals surface area contributed by atoms with Crippen LogP contribution in [0.1, 0.15) is 26.2 Å². The van der Waals surface area contributed by atoms with E-state index >= 15 is 0 Å². The molecule has 1 aliphatic carbocycles. The van der Waals surface area contributed by atoms with Crippen molar-refractivity contribution in [2.45, 2.75) is 26.2 Å². The number of hydrogen-bond donors (Lipinski definition) is 0. The first-order valence-electron chi connectivity index (χ1n) is 5.11. The molecule has 0 aliphatic heterocycles. The maximum atomic E-state index is 11.6. The second kappa shape index (κ2) is 5.61. The van der Waals surface area contributed by atoms with Crippen LogP contribution in [0.2, 0.25) is 0 Å². The van der Waals surface area contributed by atoms with Crippen molar-refractivity contribution in [2.75, 3.05) is 25.4 Å². The summed E-state index contributed by atoms with van der Waals surface area (Å²) in [4.78, 5) is 11.1. The first-order chi connectivity index (χ1) is 7.12. The molecule has 1 atom stereocenters. The Kier molecular flexibility index (Phi) is 4.73. The number of carbonyl (C=O) groups excluding carboxylic acids is 1. The zero-order valence-corrected chi connectivity index (χ0v) is 10.1. The molecule has 1 unspecified atom stereocenters. The van der Waals surface area contributed by atoms with Crippen molar-refractivity contribution in [3.8, 4) is 0 Å². The lowest BCUT2D eigenvalue weighted by Crippen LogP contribution is -2.19. The Hall–Kier alpha value is -0.420. The number of ether oxygens (including phenoxy) is 2. The summed E-state index contributed by atoms with van der Waals surface area (Å²) in [5, 5.41) is 0. The van der Waals surface area contributed by atoms with Gasteiger partial charge in [-0.05, 0) is 25.2 Å². The molecular formula is C10H18O4S. The van der Waals surface area contributed by atoms with Gasteiger partial charge < -0.3 is 9.47 Å². The average molecular weight is 234 g/mol. The maximum Gasteiger partial charge on any atom is 0.306 e. The highest BCUT2D eigenvalue weighted by molar-refractivity contribution is 7.84. The molecule has 0 heterocycles. The van der Waals surface area contributed by atoms with Crippen molar-refractivity contribution in [1.29, 1.82) is 0 Å². The third-order valence-electron chi connectivity index (χ3n) is 2.59. The van der Waals surface area contributed by atoms with Crippen LogP contribution < -0.4 is 0 Å². The van der Waals surface area contributed by atoms with E-state index in [9.17, 15) is 9.00 Å². The molecule has 0 aromatic carbocycles. The van der Waals surface area contributed by atoms with Crippen LogP contribution in [-0.4, -0.2) is 35.6 Å². The van der Waals surface area contributed by atoms with Crippen LogP contribution in [0.3, 0.4) is 0 Å². The lowest BCUT2D eigenvalue weighted by atomic mass is 10.1. The van der Waals surface area contributed by atoms with Crippen LogP contribution in [0.15, 0.2) is 0 Å². The topological polar surface area (TPSA) is 52.6 Å². The summed E-state index contributed by atoms with van der Waals surface area (Å²) in [7, 11) is 0.409. The monoisotopic (exact) mass is 234 g/mol. The highest BCUT2D eigenvalue weighted by Gasteiger charge is 2.45. The van der Waals surface area contributed by atoms with E-state index in [1.54, 1.807) is 0 Å². The van der Waals surface area contributed by atoms with Gasteiger partial charge in [-0.15, -0.1) is 0 Å². The van der Waals surface area contributed by atoms with Crippen molar-refractivity contribution in [3.05, 3.63) is 0 Å². The molecule has 1 aliphatic rings. The molecule has 5 heteroatoms. The van der Waals surface area contributed by atoms with Crippen LogP contribution in [-0.2, 0) is 25.1 Å². The standard InChI is InChI=1S/C10H18O4S/c1-3-14-8-15(12)7-10(4-5-10)6-9(11)13-2/h3-8H2,1-2H3. The zero-order valence-electron chi connectivity index (χ0n) is 9.28. The van der Waals surface area contributed by atoms with Gasteiger partial charge >= 0.3 is 5.97 Å². The predicted octanol–water partition coefficient (Wildman–Crippen LogP) is 1.07. The van der Waals surface area contributed by atoms with Gasteiger partial charge in [-0.25, -0.2) is 0 Å². The van der Waals surface area contributed by atoms with Gasteiger partial charge in [-0.2, -0.15) is 0 Å². The fourth-order valence-electron chi connectivity index (χ4n) is 1.49. The quantitative estimate of drug-likeness (QED) is 0.618. The highest BCUT2D eigenvalue weighted by Crippen LogP contribution is 2.49. The molecule has 0 spiro atoms. The Morgan fingerprint density at radius 2 is 2.13 bits per heavy atom. The Balaban J connectivity index is 2.30. The number of esters is 1. The minimum absolute atomic E-state index is 0.0605. The minimum Gasteiger partial charge on any atom is -0.469 e. The molecule has 0 N–H and O–H groups in total. The SMILES string of the molecule is CCOCS(=O)CC1(CC(=O)OC)CC1. The molecule has 15 heavy (non-hydrogen) atoms. The average Bonchev–Trinajstić information content (AvgIpc) is 2.94. The highest BCUT2D eigenvalue weighted by atomic mass is 32.2. The second-order valence-corrected chi connectivity index (χ2v) is 5.35. The Labute approximate surface area is 92.8 Å². The van der Waals surface area contributed by atoms with Crippen molar-refractivity contribution in [2.24, 2.45) is 5.41 Å². The van der Waals surface area contributed by atoms with Gasteiger partial charge in [-0.3, -0.25) is 9.00 Å². The van der Waals surface area contributed by atoms with E-state index in [1.807, 2.05) is 6.92 Å². The summed E-state index contributed by atoms with van der Waals surface area (Å²) in [6, 6.07) is 0. The lowest BCUT2D eigenvalue weighted by Gasteiger charge is -2.12. The lowest BCUT2D eigenvalue weighted by molar-refractivity contribution is -0.141. The van der Waals surface area contributed by atoms with E-state index in [1.165, 1.54) is 7.11 Å². The number of hydrogen-bond acceptors (Lipinski definition) is 4. The van der Waals surface area contributed by atoms with Gasteiger partial charge in [0.2, 0.25) is 0 Å². The fourth-order valence-corrected chi connectivity index (χ4v) is 3.00. The van der Waals surface area contributed by atoms with Gasteiger partial charge in [-0.1, -0.05) is 0 Å². The summed E-state index contributed by atoms with van der Waals surface area (Å²) >= 11 is 0. The predicted molar refractivity (Wildman–Crippen MR) is 57.8 cm³/mol. The fraction of sp³-hybridized carbons (Fsp3) is 0.900. The van der Waals surface area contributed by atoms with E-state index in [-0.39, 0.29) is 17.3 Å². The molecule has 1 saturated carbocycles. The van der Waals surface area contributed by atoms with E-state index in [0.717, 1.165) is 12.8 Å². The van der Waals surface area contributed by atoms with Crippen LogP contribution in [0.5, 0.6) is 0 Å². The van der Waals surface area contributed by atoms with E-state index in [0.29, 0.717) is 18.8 Å². The van der Waals surface area contributed by atoms with Gasteiger partial charge in [0.15, 0.2) is 0 Å². The number of carbonyl (C=O) groups is 1. The molecule has 0 saturated heterocycles. The van der Waals surface area contributed by atoms with Crippen molar-refractivity contribution >= 4 is 16.8 Å². The van der Waals surface area contributed by atoms with Crippen LogP contribution in [0.25, 0.3) is 0 Å². The van der Waals surface area contributed by atoms with Crippen LogP contribution >= 0.6 is 0 Å². The Bertz CT molecular complexity index is 248. The van der Waals surface area contributed by atoms with Crippen LogP contribution in [0.4, 0.5) is 0 Å². The summed E-state index contributed by atoms with van der Waals surface area (Å²) < 4.78 is 21.3. The summed E-state index contributed by atoms with van der Waals surface area (Å²) in [6.45, 7) is 2.45. The summed E-state index contributed by atoms with van der Waals surface area (Å²) in [6.07, 6.45) is 2.33. The third-order valence-corrected chi connectivity index (χ3v) is 3.95. The maximum absolute atomic E-state index is 11.6. The molecule has 0 aromatic rings. The molecule has 1 fully saturated rings. The smallest absolute Gasteiger partial charge is 0.306 e. The van der Waals surface area contributed by atoms with E-state index in [4.69, 9.17) is 4.74 Å². The van der Waals surface area contributed by atoms with E-state index < -0.39 is 10.8 Å². The zero-order chi connectivity index (χ0) is 11.3. The molecule has 1 rings (SSSR count). The second-order valence-electron chi connectivity index (χ2n) is 3.95. The molecule has 0 radical (unpaired) electrons. The molecule has 4 nitrogen and oxygen atoms in total.